The lowest BCUT2D eigenvalue weighted by Crippen LogP contribution is -2.63. The molecule has 0 amide bonds. The summed E-state index contributed by atoms with van der Waals surface area (Å²) < 4.78 is 5.10. The monoisotopic (exact) mass is 333 g/mol. The average molecular weight is 333 g/mol. The molecule has 0 aromatic carbocycles. The van der Waals surface area contributed by atoms with E-state index in [0.29, 0.717) is 36.0 Å². The highest BCUT2D eigenvalue weighted by molar-refractivity contribution is 5.87. The van der Waals surface area contributed by atoms with Gasteiger partial charge in [0.2, 0.25) is 0 Å². The van der Waals surface area contributed by atoms with E-state index in [9.17, 15) is 9.59 Å². The second-order valence-electron chi connectivity index (χ2n) is 9.11. The Labute approximate surface area is 145 Å². The Balaban J connectivity index is 1.65. The number of hydrogen-bond acceptors (Lipinski definition) is 4. The maximum Gasteiger partial charge on any atom is 0.309 e. The molecule has 3 saturated carbocycles. The zero-order valence-electron chi connectivity index (χ0n) is 15.3. The van der Waals surface area contributed by atoms with Crippen molar-refractivity contribution < 1.29 is 14.3 Å². The van der Waals surface area contributed by atoms with Crippen LogP contribution < -0.4 is 5.32 Å². The van der Waals surface area contributed by atoms with E-state index < -0.39 is 0 Å². The average Bonchev–Trinajstić information content (AvgIpc) is 2.92. The Morgan fingerprint density at radius 3 is 2.67 bits per heavy atom. The summed E-state index contributed by atoms with van der Waals surface area (Å²) in [5.41, 5.74) is -0.117. The first-order valence-electron chi connectivity index (χ1n) is 9.77. The predicted octanol–water partition coefficient (Wildman–Crippen LogP) is 2.95. The van der Waals surface area contributed by atoms with Crippen LogP contribution in [0.15, 0.2) is 0 Å². The van der Waals surface area contributed by atoms with E-state index in [2.05, 4.69) is 19.2 Å². The molecule has 2 unspecified atom stereocenters. The summed E-state index contributed by atoms with van der Waals surface area (Å²) in [7, 11) is 1.52. The maximum absolute atomic E-state index is 12.9. The lowest BCUT2D eigenvalue weighted by molar-refractivity contribution is -0.159. The lowest BCUT2D eigenvalue weighted by Gasteiger charge is -2.59. The van der Waals surface area contributed by atoms with Crippen LogP contribution in [0.3, 0.4) is 0 Å². The highest BCUT2D eigenvalue weighted by atomic mass is 16.5. The van der Waals surface area contributed by atoms with Gasteiger partial charge in [0.05, 0.1) is 13.0 Å². The molecule has 4 heteroatoms. The van der Waals surface area contributed by atoms with E-state index in [1.165, 1.54) is 13.5 Å². The smallest absolute Gasteiger partial charge is 0.309 e. The first-order chi connectivity index (χ1) is 11.4. The number of piperidine rings is 1. The number of Topliss-reactive ketones (excluding diaryl/α,β-unsaturated/α-hetero) is 1. The molecule has 1 saturated heterocycles. The van der Waals surface area contributed by atoms with Gasteiger partial charge in [0.25, 0.3) is 0 Å². The molecule has 1 aliphatic heterocycles. The van der Waals surface area contributed by atoms with Crippen molar-refractivity contribution in [2.24, 2.45) is 34.5 Å². The Morgan fingerprint density at radius 1 is 1.12 bits per heavy atom. The van der Waals surface area contributed by atoms with Gasteiger partial charge < -0.3 is 10.1 Å². The van der Waals surface area contributed by atoms with Crippen LogP contribution in [0.25, 0.3) is 0 Å². The van der Waals surface area contributed by atoms with Crippen molar-refractivity contribution in [3.8, 4) is 0 Å². The summed E-state index contributed by atoms with van der Waals surface area (Å²) in [6.07, 6.45) is 7.24. The van der Waals surface area contributed by atoms with Crippen LogP contribution in [-0.2, 0) is 14.3 Å². The molecule has 24 heavy (non-hydrogen) atoms. The molecule has 0 bridgehead atoms. The van der Waals surface area contributed by atoms with E-state index in [0.717, 1.165) is 38.6 Å². The van der Waals surface area contributed by atoms with Crippen LogP contribution in [0.5, 0.6) is 0 Å². The van der Waals surface area contributed by atoms with Crippen molar-refractivity contribution >= 4 is 11.8 Å². The number of ketones is 1. The fraction of sp³-hybridized carbons (Fsp3) is 0.900. The molecular formula is C20H31NO3. The Morgan fingerprint density at radius 2 is 1.92 bits per heavy atom. The van der Waals surface area contributed by atoms with Crippen molar-refractivity contribution in [1.82, 2.24) is 5.32 Å². The van der Waals surface area contributed by atoms with E-state index in [-0.39, 0.29) is 22.7 Å². The topological polar surface area (TPSA) is 55.4 Å². The lowest BCUT2D eigenvalue weighted by atomic mass is 9.47. The van der Waals surface area contributed by atoms with Crippen LogP contribution in [0, 0.1) is 34.5 Å². The quantitative estimate of drug-likeness (QED) is 0.750. The molecule has 4 nitrogen and oxygen atoms in total. The van der Waals surface area contributed by atoms with Crippen LogP contribution in [0.2, 0.25) is 0 Å². The number of esters is 1. The summed E-state index contributed by atoms with van der Waals surface area (Å²) in [6, 6.07) is 0.363. The minimum atomic E-state index is -0.189. The number of fused-ring (bicyclic) bond motifs is 5. The van der Waals surface area contributed by atoms with Gasteiger partial charge in [-0.1, -0.05) is 13.8 Å². The Hall–Kier alpha value is -0.900. The normalized spacial score (nSPS) is 50.6. The van der Waals surface area contributed by atoms with E-state index in [4.69, 9.17) is 4.74 Å². The van der Waals surface area contributed by atoms with Crippen LogP contribution >= 0.6 is 0 Å². The maximum atomic E-state index is 12.9. The largest absolute Gasteiger partial charge is 0.469 e. The second-order valence-corrected chi connectivity index (χ2v) is 9.11. The summed E-state index contributed by atoms with van der Waals surface area (Å²) in [5, 5.41) is 3.64. The molecule has 1 N–H and O–H groups in total. The van der Waals surface area contributed by atoms with Gasteiger partial charge in [0.1, 0.15) is 5.78 Å². The SMILES string of the molecule is COC(=O)C1CC[C@H]2[C@@H]3CCC4NCCC(=O)[C@]4(C)[C@@H]3CC[C@]12C. The van der Waals surface area contributed by atoms with E-state index >= 15 is 0 Å². The fourth-order valence-electron chi connectivity index (χ4n) is 7.23. The molecular weight excluding hydrogens is 302 g/mol. The zero-order chi connectivity index (χ0) is 17.1. The first-order valence-corrected chi connectivity index (χ1v) is 9.77. The molecule has 0 spiro atoms. The molecule has 0 radical (unpaired) electrons. The molecule has 0 aromatic heterocycles. The second kappa shape index (κ2) is 5.55. The van der Waals surface area contributed by atoms with Crippen molar-refractivity contribution in [2.75, 3.05) is 13.7 Å². The van der Waals surface area contributed by atoms with Crippen LogP contribution in [-0.4, -0.2) is 31.4 Å². The first kappa shape index (κ1) is 16.6. The van der Waals surface area contributed by atoms with Gasteiger partial charge in [-0.15, -0.1) is 0 Å². The number of carbonyl (C=O) groups excluding carboxylic acids is 2. The van der Waals surface area contributed by atoms with Crippen molar-refractivity contribution in [1.29, 1.82) is 0 Å². The van der Waals surface area contributed by atoms with Crippen molar-refractivity contribution in [3.63, 3.8) is 0 Å². The summed E-state index contributed by atoms with van der Waals surface area (Å²) in [4.78, 5) is 25.2. The number of hydrogen-bond donors (Lipinski definition) is 1. The predicted molar refractivity (Wildman–Crippen MR) is 91.3 cm³/mol. The molecule has 1 heterocycles. The Kier molecular flexibility index (Phi) is 3.83. The van der Waals surface area contributed by atoms with Crippen molar-refractivity contribution in [2.45, 2.75) is 64.8 Å². The van der Waals surface area contributed by atoms with Gasteiger partial charge in [-0.05, 0) is 61.7 Å². The molecule has 4 fully saturated rings. The van der Waals surface area contributed by atoms with Crippen molar-refractivity contribution in [3.05, 3.63) is 0 Å². The van der Waals surface area contributed by atoms with Gasteiger partial charge in [0.15, 0.2) is 0 Å². The number of methoxy groups -OCH3 is 1. The number of carbonyl (C=O) groups is 2. The van der Waals surface area contributed by atoms with Gasteiger partial charge in [0, 0.05) is 24.4 Å². The van der Waals surface area contributed by atoms with Gasteiger partial charge >= 0.3 is 5.97 Å². The standard InChI is InChI=1S/C20H31NO3/c1-19-10-8-14-12(13(19)5-6-15(19)18(23)24-3)4-7-16-20(14,2)17(22)9-11-21-16/h12-16,21H,4-11H2,1-3H3/t12-,13-,14+,15?,16?,19-,20+/m0/s1. The molecule has 7 atom stereocenters. The third-order valence-electron chi connectivity index (χ3n) is 8.55. The number of nitrogens with one attached hydrogen (secondary N) is 1. The Bertz CT molecular complexity index is 561. The molecule has 134 valence electrons. The highest BCUT2D eigenvalue weighted by Crippen LogP contribution is 2.65. The summed E-state index contributed by atoms with van der Waals surface area (Å²) in [5.74, 6) is 2.18. The number of rotatable bonds is 1. The third kappa shape index (κ3) is 2.01. The van der Waals surface area contributed by atoms with Crippen LogP contribution in [0.1, 0.15) is 58.8 Å². The molecule has 0 aromatic rings. The van der Waals surface area contributed by atoms with Crippen LogP contribution in [0.4, 0.5) is 0 Å². The minimum Gasteiger partial charge on any atom is -0.469 e. The highest BCUT2D eigenvalue weighted by Gasteiger charge is 2.63. The number of ether oxygens (including phenoxy) is 1. The van der Waals surface area contributed by atoms with Gasteiger partial charge in [-0.3, -0.25) is 9.59 Å². The van der Waals surface area contributed by atoms with Gasteiger partial charge in [-0.25, -0.2) is 0 Å². The summed E-state index contributed by atoms with van der Waals surface area (Å²) >= 11 is 0. The van der Waals surface area contributed by atoms with E-state index in [1.54, 1.807) is 0 Å². The molecule has 4 aliphatic rings. The molecule has 4 rings (SSSR count). The minimum absolute atomic E-state index is 0.0197. The third-order valence-corrected chi connectivity index (χ3v) is 8.55. The molecule has 3 aliphatic carbocycles. The fourth-order valence-corrected chi connectivity index (χ4v) is 7.23. The summed E-state index contributed by atoms with van der Waals surface area (Å²) in [6.45, 7) is 5.40. The van der Waals surface area contributed by atoms with E-state index in [1.807, 2.05) is 0 Å². The van der Waals surface area contributed by atoms with Gasteiger partial charge in [-0.2, -0.15) is 0 Å². The zero-order valence-corrected chi connectivity index (χ0v) is 15.3.